The van der Waals surface area contributed by atoms with E-state index in [9.17, 15) is 13.2 Å². The topological polar surface area (TPSA) is 93.1 Å². The van der Waals surface area contributed by atoms with Crippen molar-refractivity contribution in [3.05, 3.63) is 41.6 Å². The zero-order chi connectivity index (χ0) is 17.0. The van der Waals surface area contributed by atoms with E-state index < -0.39 is 15.9 Å². The van der Waals surface area contributed by atoms with E-state index in [1.165, 1.54) is 7.05 Å². The fourth-order valence-corrected chi connectivity index (χ4v) is 2.64. The van der Waals surface area contributed by atoms with Crippen molar-refractivity contribution in [3.8, 4) is 11.3 Å². The second-order valence-electron chi connectivity index (χ2n) is 5.18. The third-order valence-corrected chi connectivity index (χ3v) is 4.79. The molecular formula is C15H20N4O3S. The van der Waals surface area contributed by atoms with Gasteiger partial charge in [0.1, 0.15) is 0 Å². The number of hydrogen-bond acceptors (Lipinski definition) is 4. The lowest BCUT2D eigenvalue weighted by molar-refractivity contribution is 0.0950. The first kappa shape index (κ1) is 17.2. The maximum Gasteiger partial charge on any atom is 0.271 e. The van der Waals surface area contributed by atoms with Gasteiger partial charge in [0, 0.05) is 13.6 Å². The minimum Gasteiger partial charge on any atom is -0.350 e. The smallest absolute Gasteiger partial charge is 0.271 e. The van der Waals surface area contributed by atoms with Crippen molar-refractivity contribution >= 4 is 15.9 Å². The van der Waals surface area contributed by atoms with Gasteiger partial charge in [-0.05, 0) is 25.6 Å². The van der Waals surface area contributed by atoms with Crippen LogP contribution >= 0.6 is 0 Å². The first-order chi connectivity index (χ1) is 10.8. The number of hydrogen-bond donors (Lipinski definition) is 2. The molecule has 0 spiro atoms. The lowest BCUT2D eigenvalue weighted by Crippen LogP contribution is -2.33. The van der Waals surface area contributed by atoms with Gasteiger partial charge in [-0.1, -0.05) is 29.8 Å². The van der Waals surface area contributed by atoms with E-state index in [1.54, 1.807) is 17.8 Å². The maximum atomic E-state index is 12.1. The van der Waals surface area contributed by atoms with Gasteiger partial charge >= 0.3 is 0 Å². The third-order valence-electron chi connectivity index (χ3n) is 3.43. The summed E-state index contributed by atoms with van der Waals surface area (Å²) in [4.78, 5) is 12.1. The van der Waals surface area contributed by atoms with Gasteiger partial charge in [0.05, 0.1) is 11.4 Å². The molecule has 0 bridgehead atoms. The number of sulfonamides is 1. The van der Waals surface area contributed by atoms with Crippen molar-refractivity contribution in [1.29, 1.82) is 0 Å². The van der Waals surface area contributed by atoms with E-state index in [4.69, 9.17) is 0 Å². The van der Waals surface area contributed by atoms with Crippen molar-refractivity contribution in [2.24, 2.45) is 7.05 Å². The number of carbonyl (C=O) groups excluding carboxylic acids is 1. The van der Waals surface area contributed by atoms with Crippen LogP contribution in [0.1, 0.15) is 16.1 Å². The van der Waals surface area contributed by atoms with E-state index >= 15 is 0 Å². The molecule has 2 aromatic rings. The molecule has 0 atom stereocenters. The van der Waals surface area contributed by atoms with Crippen molar-refractivity contribution in [2.45, 2.75) is 6.92 Å². The zero-order valence-corrected chi connectivity index (χ0v) is 14.1. The van der Waals surface area contributed by atoms with E-state index in [0.29, 0.717) is 0 Å². The third kappa shape index (κ3) is 4.40. The van der Waals surface area contributed by atoms with Crippen molar-refractivity contribution in [2.75, 3.05) is 19.3 Å². The second kappa shape index (κ2) is 6.93. The SMILES string of the molecule is CNS(=O)(=O)CCNC(=O)c1cc(-c2ccc(C)cc2)n(C)n1. The summed E-state index contributed by atoms with van der Waals surface area (Å²) in [7, 11) is -0.239. The average Bonchev–Trinajstić information content (AvgIpc) is 2.90. The molecule has 0 radical (unpaired) electrons. The summed E-state index contributed by atoms with van der Waals surface area (Å²) in [6, 6.07) is 9.60. The predicted molar refractivity (Wildman–Crippen MR) is 88.6 cm³/mol. The Morgan fingerprint density at radius 3 is 2.52 bits per heavy atom. The molecule has 0 unspecified atom stereocenters. The molecule has 0 aliphatic carbocycles. The highest BCUT2D eigenvalue weighted by molar-refractivity contribution is 7.89. The van der Waals surface area contributed by atoms with Crippen LogP contribution in [0.3, 0.4) is 0 Å². The van der Waals surface area contributed by atoms with Gasteiger partial charge < -0.3 is 5.32 Å². The number of amides is 1. The molecule has 1 aromatic heterocycles. The lowest BCUT2D eigenvalue weighted by atomic mass is 10.1. The normalized spacial score (nSPS) is 11.4. The quantitative estimate of drug-likeness (QED) is 0.811. The van der Waals surface area contributed by atoms with Crippen LogP contribution in [0, 0.1) is 6.92 Å². The highest BCUT2D eigenvalue weighted by Gasteiger charge is 2.15. The molecule has 1 aromatic carbocycles. The Morgan fingerprint density at radius 1 is 1.26 bits per heavy atom. The highest BCUT2D eigenvalue weighted by Crippen LogP contribution is 2.20. The fourth-order valence-electron chi connectivity index (χ4n) is 2.06. The van der Waals surface area contributed by atoms with Crippen LogP contribution in [0.25, 0.3) is 11.3 Å². The van der Waals surface area contributed by atoms with Gasteiger partial charge in [-0.2, -0.15) is 5.10 Å². The summed E-state index contributed by atoms with van der Waals surface area (Å²) in [5.74, 6) is -0.572. The molecule has 0 aliphatic heterocycles. The van der Waals surface area contributed by atoms with Crippen molar-refractivity contribution in [1.82, 2.24) is 19.8 Å². The van der Waals surface area contributed by atoms with Gasteiger partial charge in [0.2, 0.25) is 10.0 Å². The minimum atomic E-state index is -3.34. The van der Waals surface area contributed by atoms with Gasteiger partial charge in [0.15, 0.2) is 5.69 Å². The molecule has 0 saturated heterocycles. The lowest BCUT2D eigenvalue weighted by Gasteiger charge is -2.03. The molecule has 2 rings (SSSR count). The van der Waals surface area contributed by atoms with Crippen molar-refractivity contribution < 1.29 is 13.2 Å². The molecular weight excluding hydrogens is 316 g/mol. The molecule has 8 heteroatoms. The molecule has 0 saturated carbocycles. The Hall–Kier alpha value is -2.19. The number of aromatic nitrogens is 2. The van der Waals surface area contributed by atoms with Crippen LogP contribution in [0.4, 0.5) is 0 Å². The Kier molecular flexibility index (Phi) is 5.17. The minimum absolute atomic E-state index is 0.0262. The molecule has 124 valence electrons. The molecule has 1 amide bonds. The van der Waals surface area contributed by atoms with E-state index in [1.807, 2.05) is 31.2 Å². The van der Waals surface area contributed by atoms with E-state index in [-0.39, 0.29) is 18.0 Å². The summed E-state index contributed by atoms with van der Waals surface area (Å²) in [6.45, 7) is 2.03. The molecule has 0 aliphatic rings. The fraction of sp³-hybridized carbons (Fsp3) is 0.333. The van der Waals surface area contributed by atoms with Crippen molar-refractivity contribution in [3.63, 3.8) is 0 Å². The molecule has 7 nitrogen and oxygen atoms in total. The standard InChI is InChI=1S/C15H20N4O3S/c1-11-4-6-12(7-5-11)14-10-13(18-19(14)3)15(20)17-8-9-23(21,22)16-2/h4-7,10,16H,8-9H2,1-3H3,(H,17,20). The Labute approximate surface area is 135 Å². The molecule has 23 heavy (non-hydrogen) atoms. The number of nitrogens with zero attached hydrogens (tertiary/aromatic N) is 2. The Bertz CT molecular complexity index is 795. The highest BCUT2D eigenvalue weighted by atomic mass is 32.2. The molecule has 1 heterocycles. The van der Waals surface area contributed by atoms with E-state index in [0.717, 1.165) is 16.8 Å². The largest absolute Gasteiger partial charge is 0.350 e. The first-order valence-corrected chi connectivity index (χ1v) is 8.78. The van der Waals surface area contributed by atoms with Gasteiger partial charge in [-0.15, -0.1) is 0 Å². The number of rotatable bonds is 6. The van der Waals surface area contributed by atoms with Gasteiger partial charge in [-0.3, -0.25) is 9.48 Å². The average molecular weight is 336 g/mol. The van der Waals surface area contributed by atoms with Crippen LogP contribution in [-0.2, 0) is 17.1 Å². The second-order valence-corrected chi connectivity index (χ2v) is 7.23. The van der Waals surface area contributed by atoms with Crippen LogP contribution in [0.2, 0.25) is 0 Å². The molecule has 0 fully saturated rings. The van der Waals surface area contributed by atoms with Crippen LogP contribution in [0.5, 0.6) is 0 Å². The number of benzene rings is 1. The number of carbonyl (C=O) groups is 1. The monoisotopic (exact) mass is 336 g/mol. The summed E-state index contributed by atoms with van der Waals surface area (Å²) in [5.41, 5.74) is 3.19. The molecule has 2 N–H and O–H groups in total. The summed E-state index contributed by atoms with van der Waals surface area (Å²) in [5, 5.41) is 6.74. The van der Waals surface area contributed by atoms with Crippen LogP contribution in [0.15, 0.2) is 30.3 Å². The predicted octanol–water partition coefficient (Wildman–Crippen LogP) is 0.675. The number of nitrogens with one attached hydrogen (secondary N) is 2. The van der Waals surface area contributed by atoms with E-state index in [2.05, 4.69) is 15.1 Å². The summed E-state index contributed by atoms with van der Waals surface area (Å²) < 4.78 is 26.4. The summed E-state index contributed by atoms with van der Waals surface area (Å²) >= 11 is 0. The van der Waals surface area contributed by atoms with Gasteiger partial charge in [0.25, 0.3) is 5.91 Å². The summed E-state index contributed by atoms with van der Waals surface area (Å²) in [6.07, 6.45) is 0. The maximum absolute atomic E-state index is 12.1. The Balaban J connectivity index is 2.08. The van der Waals surface area contributed by atoms with Crippen LogP contribution in [-0.4, -0.2) is 43.5 Å². The number of aryl methyl sites for hydroxylation is 2. The van der Waals surface area contributed by atoms with Gasteiger partial charge in [-0.25, -0.2) is 13.1 Å². The first-order valence-electron chi connectivity index (χ1n) is 7.13. The Morgan fingerprint density at radius 2 is 1.91 bits per heavy atom. The van der Waals surface area contributed by atoms with Crippen LogP contribution < -0.4 is 10.0 Å². The zero-order valence-electron chi connectivity index (χ0n) is 13.3.